The van der Waals surface area contributed by atoms with Gasteiger partial charge in [-0.1, -0.05) is 6.07 Å². The fourth-order valence-electron chi connectivity index (χ4n) is 6.11. The summed E-state index contributed by atoms with van der Waals surface area (Å²) in [7, 11) is 0. The number of aryl methyl sites for hydroxylation is 2. The monoisotopic (exact) mass is 460 g/mol. The Morgan fingerprint density at radius 1 is 1.09 bits per heavy atom. The predicted octanol–water partition coefficient (Wildman–Crippen LogP) is 3.17. The molecular formula is C27H28N2O5. The number of aromatic nitrogens is 1. The number of carbonyl (C=O) groups is 1. The maximum atomic E-state index is 13.2. The molecule has 7 nitrogen and oxygen atoms in total. The fourth-order valence-corrected chi connectivity index (χ4v) is 6.11. The van der Waals surface area contributed by atoms with Crippen molar-refractivity contribution in [3.63, 3.8) is 0 Å². The molecule has 2 aliphatic heterocycles. The predicted molar refractivity (Wildman–Crippen MR) is 127 cm³/mol. The van der Waals surface area contributed by atoms with E-state index in [1.165, 1.54) is 0 Å². The van der Waals surface area contributed by atoms with E-state index >= 15 is 0 Å². The van der Waals surface area contributed by atoms with E-state index in [2.05, 4.69) is 0 Å². The number of pyridine rings is 1. The lowest BCUT2D eigenvalue weighted by atomic mass is 9.83. The quantitative estimate of drug-likeness (QED) is 0.561. The smallest absolute Gasteiger partial charge is 0.339 e. The molecule has 6 rings (SSSR count). The normalized spacial score (nSPS) is 21.1. The minimum Gasteiger partial charge on any atom is -0.483 e. The molecule has 0 unspecified atom stereocenters. The van der Waals surface area contributed by atoms with Crippen molar-refractivity contribution < 1.29 is 13.9 Å². The highest BCUT2D eigenvalue weighted by Gasteiger charge is 2.36. The SMILES string of the molecule is Cc1cc(OCC(=O)N2C[C@@H]3C[C@H](C2)c2cccc(=O)n2C3)c2c3c(c(=O)oc2c1)CCCC3. The minimum absolute atomic E-state index is 0.0385. The number of amides is 1. The Kier molecular flexibility index (Phi) is 5.08. The van der Waals surface area contributed by atoms with Crippen LogP contribution in [-0.4, -0.2) is 35.1 Å². The van der Waals surface area contributed by atoms with Crippen molar-refractivity contribution in [1.29, 1.82) is 0 Å². The van der Waals surface area contributed by atoms with E-state index < -0.39 is 0 Å². The van der Waals surface area contributed by atoms with E-state index in [4.69, 9.17) is 9.15 Å². The molecule has 176 valence electrons. The van der Waals surface area contributed by atoms with Crippen LogP contribution in [-0.2, 0) is 24.2 Å². The Morgan fingerprint density at radius 3 is 2.76 bits per heavy atom. The van der Waals surface area contributed by atoms with E-state index in [-0.39, 0.29) is 35.5 Å². The van der Waals surface area contributed by atoms with Crippen LogP contribution in [0.15, 0.2) is 44.3 Å². The van der Waals surface area contributed by atoms with Crippen molar-refractivity contribution >= 4 is 16.9 Å². The number of carbonyl (C=O) groups excluding carboxylic acids is 1. The van der Waals surface area contributed by atoms with Gasteiger partial charge in [-0.3, -0.25) is 9.59 Å². The summed E-state index contributed by atoms with van der Waals surface area (Å²) in [5, 5.41) is 0.830. The van der Waals surface area contributed by atoms with Crippen molar-refractivity contribution in [3.05, 3.63) is 73.5 Å². The molecule has 4 heterocycles. The summed E-state index contributed by atoms with van der Waals surface area (Å²) in [6.07, 6.45) is 4.55. The molecular weight excluding hydrogens is 432 g/mol. The Bertz CT molecular complexity index is 1420. The van der Waals surface area contributed by atoms with Crippen LogP contribution in [0.3, 0.4) is 0 Å². The lowest BCUT2D eigenvalue weighted by Gasteiger charge is -2.42. The zero-order valence-corrected chi connectivity index (χ0v) is 19.3. The molecule has 2 aromatic heterocycles. The highest BCUT2D eigenvalue weighted by molar-refractivity contribution is 5.89. The van der Waals surface area contributed by atoms with Crippen LogP contribution in [0.5, 0.6) is 5.75 Å². The summed E-state index contributed by atoms with van der Waals surface area (Å²) in [6.45, 7) is 3.76. The van der Waals surface area contributed by atoms with Gasteiger partial charge in [-0.2, -0.15) is 0 Å². The summed E-state index contributed by atoms with van der Waals surface area (Å²) in [5.41, 5.74) is 4.01. The molecule has 0 radical (unpaired) electrons. The van der Waals surface area contributed by atoms with Gasteiger partial charge >= 0.3 is 5.63 Å². The minimum atomic E-state index is -0.255. The molecule has 3 aromatic rings. The Labute approximate surface area is 196 Å². The van der Waals surface area contributed by atoms with Gasteiger partial charge in [0.1, 0.15) is 11.3 Å². The van der Waals surface area contributed by atoms with E-state index in [0.29, 0.717) is 31.0 Å². The molecule has 0 spiro atoms. The number of hydrogen-bond donors (Lipinski definition) is 0. The van der Waals surface area contributed by atoms with E-state index in [1.807, 2.05) is 34.6 Å². The van der Waals surface area contributed by atoms with Crippen LogP contribution >= 0.6 is 0 Å². The zero-order valence-electron chi connectivity index (χ0n) is 19.3. The largest absolute Gasteiger partial charge is 0.483 e. The molecule has 0 N–H and O–H groups in total. The van der Waals surface area contributed by atoms with Gasteiger partial charge in [-0.25, -0.2) is 4.79 Å². The van der Waals surface area contributed by atoms with Crippen LogP contribution < -0.4 is 15.9 Å². The highest BCUT2D eigenvalue weighted by Crippen LogP contribution is 2.36. The van der Waals surface area contributed by atoms with Crippen LogP contribution in [0.2, 0.25) is 0 Å². The Hall–Kier alpha value is -3.35. The summed E-state index contributed by atoms with van der Waals surface area (Å²) in [6, 6.07) is 9.21. The average Bonchev–Trinajstić information content (AvgIpc) is 2.83. The van der Waals surface area contributed by atoms with Gasteiger partial charge in [0.2, 0.25) is 0 Å². The number of nitrogens with zero attached hydrogens (tertiary/aromatic N) is 2. The number of likely N-dealkylation sites (tertiary alicyclic amines) is 1. The van der Waals surface area contributed by atoms with Crippen molar-refractivity contribution in [2.24, 2.45) is 5.92 Å². The Morgan fingerprint density at radius 2 is 1.91 bits per heavy atom. The zero-order chi connectivity index (χ0) is 23.4. The number of ether oxygens (including phenoxy) is 1. The topological polar surface area (TPSA) is 81.8 Å². The lowest BCUT2D eigenvalue weighted by molar-refractivity contribution is -0.136. The van der Waals surface area contributed by atoms with Crippen LogP contribution in [0.25, 0.3) is 11.0 Å². The number of rotatable bonds is 3. The second kappa shape index (κ2) is 8.15. The standard InChI is InChI=1S/C27H28N2O5/c1-16-9-22(26-19-5-2-3-6-20(19)27(32)34-23(26)10-16)33-15-25(31)28-12-17-11-18(14-28)21-7-4-8-24(30)29(21)13-17/h4,7-10,17-18H,2-3,5-6,11-15H2,1H3/t17-,18+/m0/s1. The highest BCUT2D eigenvalue weighted by atomic mass is 16.5. The maximum Gasteiger partial charge on any atom is 0.339 e. The molecule has 7 heteroatoms. The first-order chi connectivity index (χ1) is 16.5. The molecule has 3 aliphatic rings. The first-order valence-electron chi connectivity index (χ1n) is 12.2. The van der Waals surface area contributed by atoms with Crippen molar-refractivity contribution in [2.45, 2.75) is 51.5 Å². The summed E-state index contributed by atoms with van der Waals surface area (Å²) in [5.74, 6) is 1.00. The van der Waals surface area contributed by atoms with Gasteiger partial charge in [0.15, 0.2) is 6.61 Å². The molecule has 1 aliphatic carbocycles. The summed E-state index contributed by atoms with van der Waals surface area (Å²) in [4.78, 5) is 39.8. The fraction of sp³-hybridized carbons (Fsp3) is 0.444. The third-order valence-electron chi connectivity index (χ3n) is 7.61. The van der Waals surface area contributed by atoms with Gasteiger partial charge in [0, 0.05) is 42.9 Å². The third kappa shape index (κ3) is 3.54. The molecule has 1 aromatic carbocycles. The molecule has 1 fully saturated rings. The van der Waals surface area contributed by atoms with Crippen molar-refractivity contribution in [2.75, 3.05) is 19.7 Å². The summed E-state index contributed by atoms with van der Waals surface area (Å²) < 4.78 is 13.6. The first kappa shape index (κ1) is 21.2. The van der Waals surface area contributed by atoms with E-state index in [9.17, 15) is 14.4 Å². The van der Waals surface area contributed by atoms with Crippen molar-refractivity contribution in [3.8, 4) is 5.75 Å². The second-order valence-corrected chi connectivity index (χ2v) is 9.98. The third-order valence-corrected chi connectivity index (χ3v) is 7.61. The van der Waals surface area contributed by atoms with Gasteiger partial charge in [0.25, 0.3) is 11.5 Å². The Balaban J connectivity index is 1.25. The average molecular weight is 461 g/mol. The molecule has 1 saturated heterocycles. The van der Waals surface area contributed by atoms with E-state index in [1.54, 1.807) is 12.1 Å². The lowest BCUT2D eigenvalue weighted by Crippen LogP contribution is -2.50. The van der Waals surface area contributed by atoms with Crippen LogP contribution in [0.4, 0.5) is 0 Å². The van der Waals surface area contributed by atoms with E-state index in [0.717, 1.165) is 59.9 Å². The van der Waals surface area contributed by atoms with Crippen LogP contribution in [0, 0.1) is 12.8 Å². The summed E-state index contributed by atoms with van der Waals surface area (Å²) >= 11 is 0. The van der Waals surface area contributed by atoms with Gasteiger partial charge in [-0.05, 0) is 74.3 Å². The van der Waals surface area contributed by atoms with Crippen molar-refractivity contribution in [1.82, 2.24) is 9.47 Å². The number of fused-ring (bicyclic) bond motifs is 7. The molecule has 2 bridgehead atoms. The van der Waals surface area contributed by atoms with Gasteiger partial charge in [-0.15, -0.1) is 0 Å². The molecule has 34 heavy (non-hydrogen) atoms. The number of hydrogen-bond acceptors (Lipinski definition) is 5. The second-order valence-electron chi connectivity index (χ2n) is 9.98. The first-order valence-corrected chi connectivity index (χ1v) is 12.2. The molecule has 2 atom stereocenters. The molecule has 1 amide bonds. The van der Waals surface area contributed by atoms with Gasteiger partial charge < -0.3 is 18.6 Å². The number of benzene rings is 1. The van der Waals surface area contributed by atoms with Crippen LogP contribution in [0.1, 0.15) is 47.6 Å². The maximum absolute atomic E-state index is 13.2. The van der Waals surface area contributed by atoms with Gasteiger partial charge in [0.05, 0.1) is 5.39 Å². The molecule has 0 saturated carbocycles. The number of piperidine rings is 1.